The molecule has 0 unspecified atom stereocenters. The van der Waals surface area contributed by atoms with Gasteiger partial charge < -0.3 is 5.21 Å². The van der Waals surface area contributed by atoms with Gasteiger partial charge in [0.1, 0.15) is 0 Å². The second-order valence-electron chi connectivity index (χ2n) is 5.37. The highest BCUT2D eigenvalue weighted by Crippen LogP contribution is 2.61. The maximum Gasteiger partial charge on any atom is 0.0635 e. The van der Waals surface area contributed by atoms with E-state index >= 15 is 0 Å². The largest absolute Gasteiger partial charge is 0.411 e. The van der Waals surface area contributed by atoms with Crippen LogP contribution in [0.25, 0.3) is 0 Å². The zero-order valence-electron chi connectivity index (χ0n) is 8.80. The zero-order valence-corrected chi connectivity index (χ0v) is 8.80. The zero-order chi connectivity index (χ0) is 9.69. The molecule has 0 radical (unpaired) electrons. The van der Waals surface area contributed by atoms with E-state index in [0.29, 0.717) is 5.41 Å². The highest BCUT2D eigenvalue weighted by Gasteiger charge is 2.56. The van der Waals surface area contributed by atoms with E-state index in [1.54, 1.807) is 0 Å². The van der Waals surface area contributed by atoms with Gasteiger partial charge >= 0.3 is 0 Å². The van der Waals surface area contributed by atoms with Crippen molar-refractivity contribution in [2.75, 3.05) is 0 Å². The van der Waals surface area contributed by atoms with Crippen LogP contribution in [0.1, 0.15) is 46.5 Å². The maximum absolute atomic E-state index is 9.00. The van der Waals surface area contributed by atoms with Gasteiger partial charge in [-0.15, -0.1) is 0 Å². The van der Waals surface area contributed by atoms with Crippen LogP contribution in [0.3, 0.4) is 0 Å². The summed E-state index contributed by atoms with van der Waals surface area (Å²) in [5.41, 5.74) is 1.52. The fourth-order valence-corrected chi connectivity index (χ4v) is 3.36. The first-order valence-electron chi connectivity index (χ1n) is 5.24. The molecule has 2 heteroatoms. The Kier molecular flexibility index (Phi) is 1.73. The summed E-state index contributed by atoms with van der Waals surface area (Å²) < 4.78 is 0. The van der Waals surface area contributed by atoms with E-state index in [1.807, 2.05) is 0 Å². The van der Waals surface area contributed by atoms with Crippen LogP contribution in [0.5, 0.6) is 0 Å². The number of oxime groups is 1. The molecule has 0 amide bonds. The van der Waals surface area contributed by atoms with Crippen molar-refractivity contribution < 1.29 is 5.21 Å². The average Bonchev–Trinajstić information content (AvgIpc) is 2.24. The van der Waals surface area contributed by atoms with Crippen LogP contribution in [0.15, 0.2) is 5.16 Å². The predicted molar refractivity (Wildman–Crippen MR) is 53.1 cm³/mol. The molecule has 1 N–H and O–H groups in total. The Labute approximate surface area is 80.0 Å². The van der Waals surface area contributed by atoms with Crippen LogP contribution in [0, 0.1) is 16.7 Å². The molecule has 2 fully saturated rings. The lowest BCUT2D eigenvalue weighted by atomic mass is 9.58. The predicted octanol–water partition coefficient (Wildman–Crippen LogP) is 3.05. The van der Waals surface area contributed by atoms with E-state index in [4.69, 9.17) is 5.21 Å². The molecule has 0 saturated heterocycles. The van der Waals surface area contributed by atoms with E-state index in [9.17, 15) is 0 Å². The Morgan fingerprint density at radius 2 is 2.00 bits per heavy atom. The van der Waals surface area contributed by atoms with Crippen molar-refractivity contribution in [2.45, 2.75) is 46.5 Å². The summed E-state index contributed by atoms with van der Waals surface area (Å²) >= 11 is 0. The van der Waals surface area contributed by atoms with Crippen LogP contribution >= 0.6 is 0 Å². The molecule has 0 heterocycles. The number of nitrogens with zero attached hydrogens (tertiary/aromatic N) is 1. The summed E-state index contributed by atoms with van der Waals surface area (Å²) in [5.74, 6) is 0.836. The normalized spacial score (nSPS) is 45.5. The molecule has 2 rings (SSSR count). The van der Waals surface area contributed by atoms with Gasteiger partial charge in [0, 0.05) is 5.41 Å². The molecule has 2 bridgehead atoms. The monoisotopic (exact) mass is 181 g/mol. The molecule has 0 aromatic carbocycles. The number of hydrogen-bond donors (Lipinski definition) is 1. The summed E-state index contributed by atoms with van der Waals surface area (Å²) in [6, 6.07) is 0. The quantitative estimate of drug-likeness (QED) is 0.452. The lowest BCUT2D eigenvalue weighted by Crippen LogP contribution is -2.44. The van der Waals surface area contributed by atoms with Gasteiger partial charge in [0.2, 0.25) is 0 Å². The molecule has 0 spiro atoms. The number of rotatable bonds is 0. The van der Waals surface area contributed by atoms with Crippen molar-refractivity contribution in [1.82, 2.24) is 0 Å². The van der Waals surface area contributed by atoms with E-state index in [-0.39, 0.29) is 5.41 Å². The number of hydrogen-bond acceptors (Lipinski definition) is 2. The van der Waals surface area contributed by atoms with E-state index in [1.165, 1.54) is 19.3 Å². The molecule has 13 heavy (non-hydrogen) atoms. The van der Waals surface area contributed by atoms with Gasteiger partial charge in [0.05, 0.1) is 5.71 Å². The minimum Gasteiger partial charge on any atom is -0.411 e. The SMILES string of the molecule is CC1(C)[C@H]2CCC(=NO)[C@]1(C)CC2. The molecule has 74 valence electrons. The summed E-state index contributed by atoms with van der Waals surface area (Å²) in [5, 5.41) is 12.5. The fourth-order valence-electron chi connectivity index (χ4n) is 3.36. The lowest BCUT2D eigenvalue weighted by molar-refractivity contribution is 0.120. The molecule has 2 aliphatic carbocycles. The second-order valence-corrected chi connectivity index (χ2v) is 5.37. The number of fused-ring (bicyclic) bond motifs is 2. The fraction of sp³-hybridized carbons (Fsp3) is 0.909. The first kappa shape index (κ1) is 9.04. The van der Waals surface area contributed by atoms with Crippen molar-refractivity contribution in [3.05, 3.63) is 0 Å². The molecule has 2 saturated carbocycles. The van der Waals surface area contributed by atoms with Gasteiger partial charge in [0.25, 0.3) is 0 Å². The standard InChI is InChI=1S/C11H19NO/c1-10(2)8-4-5-9(12-13)11(10,3)7-6-8/h8,13H,4-7H2,1-3H3/t8-,11-/m0/s1. The first-order chi connectivity index (χ1) is 6.02. The Bertz CT molecular complexity index is 257. The molecular weight excluding hydrogens is 162 g/mol. The molecule has 2 aliphatic rings. The lowest BCUT2D eigenvalue weighted by Gasteiger charge is -2.46. The van der Waals surface area contributed by atoms with Crippen molar-refractivity contribution >= 4 is 5.71 Å². The topological polar surface area (TPSA) is 32.6 Å². The molecule has 2 nitrogen and oxygen atoms in total. The van der Waals surface area contributed by atoms with E-state index < -0.39 is 0 Å². The maximum atomic E-state index is 9.00. The summed E-state index contributed by atoms with van der Waals surface area (Å²) in [4.78, 5) is 0. The summed E-state index contributed by atoms with van der Waals surface area (Å²) in [6.07, 6.45) is 4.72. The van der Waals surface area contributed by atoms with Gasteiger partial charge in [-0.3, -0.25) is 0 Å². The van der Waals surface area contributed by atoms with Crippen LogP contribution < -0.4 is 0 Å². The smallest absolute Gasteiger partial charge is 0.0635 e. The average molecular weight is 181 g/mol. The van der Waals surface area contributed by atoms with Crippen molar-refractivity contribution in [3.8, 4) is 0 Å². The van der Waals surface area contributed by atoms with Crippen LogP contribution in [0.2, 0.25) is 0 Å². The van der Waals surface area contributed by atoms with Gasteiger partial charge in [0.15, 0.2) is 0 Å². The highest BCUT2D eigenvalue weighted by atomic mass is 16.4. The van der Waals surface area contributed by atoms with Crippen molar-refractivity contribution in [3.63, 3.8) is 0 Å². The Hall–Kier alpha value is -0.530. The van der Waals surface area contributed by atoms with Gasteiger partial charge in [-0.05, 0) is 37.0 Å². The van der Waals surface area contributed by atoms with Crippen molar-refractivity contribution in [1.29, 1.82) is 0 Å². The highest BCUT2D eigenvalue weighted by molar-refractivity contribution is 5.91. The Morgan fingerprint density at radius 3 is 2.62 bits per heavy atom. The van der Waals surface area contributed by atoms with Crippen LogP contribution in [0.4, 0.5) is 0 Å². The minimum atomic E-state index is 0.157. The minimum absolute atomic E-state index is 0.157. The summed E-state index contributed by atoms with van der Waals surface area (Å²) in [6.45, 7) is 6.92. The second kappa shape index (κ2) is 2.49. The Morgan fingerprint density at radius 1 is 1.31 bits per heavy atom. The molecular formula is C11H19NO. The molecule has 0 aromatic heterocycles. The van der Waals surface area contributed by atoms with Gasteiger partial charge in [-0.25, -0.2) is 0 Å². The Balaban J connectivity index is 2.44. The van der Waals surface area contributed by atoms with Gasteiger partial charge in [-0.1, -0.05) is 25.9 Å². The first-order valence-corrected chi connectivity index (χ1v) is 5.24. The van der Waals surface area contributed by atoms with E-state index in [0.717, 1.165) is 18.1 Å². The van der Waals surface area contributed by atoms with Crippen LogP contribution in [-0.4, -0.2) is 10.9 Å². The van der Waals surface area contributed by atoms with Gasteiger partial charge in [-0.2, -0.15) is 0 Å². The third kappa shape index (κ3) is 0.918. The van der Waals surface area contributed by atoms with Crippen molar-refractivity contribution in [2.24, 2.45) is 21.9 Å². The third-order valence-electron chi connectivity index (χ3n) is 4.92. The van der Waals surface area contributed by atoms with Crippen LogP contribution in [-0.2, 0) is 0 Å². The molecule has 2 atom stereocenters. The molecule has 0 aliphatic heterocycles. The van der Waals surface area contributed by atoms with E-state index in [2.05, 4.69) is 25.9 Å². The third-order valence-corrected chi connectivity index (χ3v) is 4.92. The summed E-state index contributed by atoms with van der Waals surface area (Å²) in [7, 11) is 0. The molecule has 0 aromatic rings.